The molecule has 114 valence electrons. The molecule has 2 aliphatic heterocycles. The standard InChI is InChI=1S/C20H24N2/c1-16-13-22(14-17-7-3-2-4-8-17)12-11-20(16)15-21-19-10-6-5-9-18(19)20/h2-10,16,21H,11-15H2,1H3. The number of rotatable bonds is 2. The molecule has 0 aliphatic carbocycles. The number of nitrogens with one attached hydrogen (secondary N) is 1. The predicted octanol–water partition coefficient (Wildman–Crippen LogP) is 3.89. The highest BCUT2D eigenvalue weighted by atomic mass is 15.1. The van der Waals surface area contributed by atoms with Crippen molar-refractivity contribution in [3.8, 4) is 0 Å². The molecule has 1 N–H and O–H groups in total. The predicted molar refractivity (Wildman–Crippen MR) is 92.1 cm³/mol. The third-order valence-electron chi connectivity index (χ3n) is 5.66. The maximum atomic E-state index is 3.64. The van der Waals surface area contributed by atoms with Gasteiger partial charge in [-0.3, -0.25) is 4.90 Å². The zero-order valence-corrected chi connectivity index (χ0v) is 13.3. The summed E-state index contributed by atoms with van der Waals surface area (Å²) in [6, 6.07) is 19.7. The molecule has 0 bridgehead atoms. The summed E-state index contributed by atoms with van der Waals surface area (Å²) >= 11 is 0. The Bertz CT molecular complexity index is 652. The van der Waals surface area contributed by atoms with E-state index in [9.17, 15) is 0 Å². The Hall–Kier alpha value is -1.80. The number of piperidine rings is 1. The van der Waals surface area contributed by atoms with E-state index >= 15 is 0 Å². The van der Waals surface area contributed by atoms with E-state index in [4.69, 9.17) is 0 Å². The third-order valence-corrected chi connectivity index (χ3v) is 5.66. The van der Waals surface area contributed by atoms with E-state index in [0.717, 1.165) is 13.1 Å². The molecule has 1 fully saturated rings. The Morgan fingerprint density at radius 1 is 1.09 bits per heavy atom. The monoisotopic (exact) mass is 292 g/mol. The molecular weight excluding hydrogens is 268 g/mol. The van der Waals surface area contributed by atoms with Crippen LogP contribution in [0.2, 0.25) is 0 Å². The van der Waals surface area contributed by atoms with Crippen LogP contribution in [0.4, 0.5) is 5.69 Å². The lowest BCUT2D eigenvalue weighted by atomic mass is 9.68. The summed E-state index contributed by atoms with van der Waals surface area (Å²) in [4.78, 5) is 2.62. The van der Waals surface area contributed by atoms with Gasteiger partial charge in [-0.25, -0.2) is 0 Å². The van der Waals surface area contributed by atoms with Crippen LogP contribution in [0.1, 0.15) is 24.5 Å². The molecule has 2 unspecified atom stereocenters. The summed E-state index contributed by atoms with van der Waals surface area (Å²) in [6.45, 7) is 6.99. The summed E-state index contributed by atoms with van der Waals surface area (Å²) in [7, 11) is 0. The van der Waals surface area contributed by atoms with Crippen LogP contribution in [0.3, 0.4) is 0 Å². The van der Waals surface area contributed by atoms with Gasteiger partial charge < -0.3 is 5.32 Å². The molecule has 4 rings (SSSR count). The van der Waals surface area contributed by atoms with Crippen molar-refractivity contribution in [1.82, 2.24) is 4.90 Å². The smallest absolute Gasteiger partial charge is 0.0379 e. The minimum atomic E-state index is 0.337. The number of hydrogen-bond donors (Lipinski definition) is 1. The Labute approximate surface area is 133 Å². The molecule has 22 heavy (non-hydrogen) atoms. The van der Waals surface area contributed by atoms with Gasteiger partial charge in [0.2, 0.25) is 0 Å². The summed E-state index contributed by atoms with van der Waals surface area (Å²) < 4.78 is 0. The van der Waals surface area contributed by atoms with Crippen LogP contribution in [0, 0.1) is 5.92 Å². The lowest BCUT2D eigenvalue weighted by Crippen LogP contribution is -2.49. The van der Waals surface area contributed by atoms with Crippen LogP contribution in [0.25, 0.3) is 0 Å². The van der Waals surface area contributed by atoms with Crippen molar-refractivity contribution in [2.24, 2.45) is 5.92 Å². The van der Waals surface area contributed by atoms with Gasteiger partial charge in [0, 0.05) is 30.7 Å². The Balaban J connectivity index is 1.52. The number of anilines is 1. The largest absolute Gasteiger partial charge is 0.384 e. The second kappa shape index (κ2) is 5.44. The van der Waals surface area contributed by atoms with Crippen molar-refractivity contribution < 1.29 is 0 Å². The van der Waals surface area contributed by atoms with Crippen molar-refractivity contribution in [3.05, 3.63) is 65.7 Å². The SMILES string of the molecule is CC1CN(Cc2ccccc2)CCC12CNc1ccccc12. The van der Waals surface area contributed by atoms with Gasteiger partial charge in [-0.05, 0) is 36.1 Å². The average molecular weight is 292 g/mol. The summed E-state index contributed by atoms with van der Waals surface area (Å²) in [6.07, 6.45) is 1.25. The van der Waals surface area contributed by atoms with E-state index in [1.807, 2.05) is 0 Å². The molecular formula is C20H24N2. The van der Waals surface area contributed by atoms with E-state index in [1.54, 1.807) is 5.56 Å². The van der Waals surface area contributed by atoms with E-state index in [-0.39, 0.29) is 0 Å². The fourth-order valence-corrected chi connectivity index (χ4v) is 4.32. The average Bonchev–Trinajstić information content (AvgIpc) is 2.92. The highest BCUT2D eigenvalue weighted by Gasteiger charge is 2.45. The molecule has 2 atom stereocenters. The maximum absolute atomic E-state index is 3.64. The first kappa shape index (κ1) is 13.8. The quantitative estimate of drug-likeness (QED) is 0.903. The second-order valence-electron chi connectivity index (χ2n) is 6.93. The molecule has 0 saturated carbocycles. The van der Waals surface area contributed by atoms with Crippen molar-refractivity contribution >= 4 is 5.69 Å². The number of para-hydroxylation sites is 1. The van der Waals surface area contributed by atoms with Gasteiger partial charge in [0.1, 0.15) is 0 Å². The van der Waals surface area contributed by atoms with E-state index in [0.29, 0.717) is 11.3 Å². The summed E-state index contributed by atoms with van der Waals surface area (Å²) in [5.41, 5.74) is 4.66. The Morgan fingerprint density at radius 2 is 1.86 bits per heavy atom. The highest BCUT2D eigenvalue weighted by Crippen LogP contribution is 2.46. The second-order valence-corrected chi connectivity index (χ2v) is 6.93. The van der Waals surface area contributed by atoms with Crippen LogP contribution in [0.5, 0.6) is 0 Å². The minimum Gasteiger partial charge on any atom is -0.384 e. The van der Waals surface area contributed by atoms with Crippen molar-refractivity contribution in [3.63, 3.8) is 0 Å². The van der Waals surface area contributed by atoms with Crippen molar-refractivity contribution in [1.29, 1.82) is 0 Å². The fourth-order valence-electron chi connectivity index (χ4n) is 4.32. The molecule has 2 aromatic carbocycles. The molecule has 1 spiro atoms. The van der Waals surface area contributed by atoms with Gasteiger partial charge in [-0.15, -0.1) is 0 Å². The summed E-state index contributed by atoms with van der Waals surface area (Å²) in [5, 5.41) is 3.64. The molecule has 2 heterocycles. The Kier molecular flexibility index (Phi) is 3.42. The molecule has 0 aromatic heterocycles. The molecule has 1 saturated heterocycles. The van der Waals surface area contributed by atoms with Gasteiger partial charge in [-0.1, -0.05) is 55.5 Å². The fraction of sp³-hybridized carbons (Fsp3) is 0.400. The molecule has 2 heteroatoms. The Morgan fingerprint density at radius 3 is 2.68 bits per heavy atom. The topological polar surface area (TPSA) is 15.3 Å². The van der Waals surface area contributed by atoms with Crippen LogP contribution in [0.15, 0.2) is 54.6 Å². The van der Waals surface area contributed by atoms with Gasteiger partial charge in [0.15, 0.2) is 0 Å². The lowest BCUT2D eigenvalue weighted by molar-refractivity contribution is 0.106. The van der Waals surface area contributed by atoms with E-state index < -0.39 is 0 Å². The minimum absolute atomic E-state index is 0.337. The normalized spacial score (nSPS) is 27.6. The van der Waals surface area contributed by atoms with Crippen LogP contribution in [-0.4, -0.2) is 24.5 Å². The third kappa shape index (κ3) is 2.22. The van der Waals surface area contributed by atoms with Gasteiger partial charge in [0.25, 0.3) is 0 Å². The van der Waals surface area contributed by atoms with E-state index in [1.165, 1.54) is 30.8 Å². The van der Waals surface area contributed by atoms with Gasteiger partial charge >= 0.3 is 0 Å². The molecule has 2 nitrogen and oxygen atoms in total. The first-order valence-corrected chi connectivity index (χ1v) is 8.38. The van der Waals surface area contributed by atoms with Gasteiger partial charge in [-0.2, -0.15) is 0 Å². The molecule has 0 amide bonds. The summed E-state index contributed by atoms with van der Waals surface area (Å²) in [5.74, 6) is 0.682. The first-order chi connectivity index (χ1) is 10.8. The molecule has 0 radical (unpaired) electrons. The number of benzene rings is 2. The van der Waals surface area contributed by atoms with Gasteiger partial charge in [0.05, 0.1) is 0 Å². The number of fused-ring (bicyclic) bond motifs is 2. The molecule has 2 aliphatic rings. The lowest BCUT2D eigenvalue weighted by Gasteiger charge is -2.44. The van der Waals surface area contributed by atoms with Crippen molar-refractivity contribution in [2.45, 2.75) is 25.3 Å². The number of hydrogen-bond acceptors (Lipinski definition) is 2. The molecule has 2 aromatic rings. The zero-order valence-electron chi connectivity index (χ0n) is 13.3. The van der Waals surface area contributed by atoms with Crippen LogP contribution in [-0.2, 0) is 12.0 Å². The van der Waals surface area contributed by atoms with Crippen LogP contribution < -0.4 is 5.32 Å². The number of likely N-dealkylation sites (tertiary alicyclic amines) is 1. The van der Waals surface area contributed by atoms with Crippen molar-refractivity contribution in [2.75, 3.05) is 25.0 Å². The zero-order chi connectivity index (χ0) is 15.0. The first-order valence-electron chi connectivity index (χ1n) is 8.38. The number of nitrogens with zero attached hydrogens (tertiary/aromatic N) is 1. The van der Waals surface area contributed by atoms with E-state index in [2.05, 4.69) is 71.7 Å². The highest BCUT2D eigenvalue weighted by molar-refractivity contribution is 5.60. The maximum Gasteiger partial charge on any atom is 0.0379 e. The van der Waals surface area contributed by atoms with Crippen LogP contribution >= 0.6 is 0 Å².